The maximum Gasteiger partial charge on any atom is 0.161 e. The summed E-state index contributed by atoms with van der Waals surface area (Å²) in [7, 11) is 0. The summed E-state index contributed by atoms with van der Waals surface area (Å²) >= 11 is 0. The Morgan fingerprint density at radius 2 is 1.94 bits per heavy atom. The summed E-state index contributed by atoms with van der Waals surface area (Å²) < 4.78 is 46.6. The predicted molar refractivity (Wildman–Crippen MR) is 126 cm³/mol. The fourth-order valence-electron chi connectivity index (χ4n) is 5.05. The SMILES string of the molecule is Cc1noc(C)c1-c1ccc2c(c1)nc([C@@H]1C=COCN1c1ccc(F)c(F)c1)n2[C@H]1CCOC1. The molecular formula is C26H24F2N4O3. The predicted octanol–water partition coefficient (Wildman–Crippen LogP) is 5.60. The molecule has 0 N–H and O–H groups in total. The number of anilines is 1. The number of benzene rings is 2. The summed E-state index contributed by atoms with van der Waals surface area (Å²) in [6, 6.07) is 9.80. The molecule has 0 radical (unpaired) electrons. The van der Waals surface area contributed by atoms with Crippen LogP contribution in [0.5, 0.6) is 0 Å². The third kappa shape index (κ3) is 3.67. The lowest BCUT2D eigenvalue weighted by Crippen LogP contribution is -2.34. The average molecular weight is 478 g/mol. The molecular weight excluding hydrogens is 454 g/mol. The lowest BCUT2D eigenvalue weighted by atomic mass is 10.0. The van der Waals surface area contributed by atoms with E-state index in [4.69, 9.17) is 19.0 Å². The molecule has 2 aromatic carbocycles. The zero-order valence-corrected chi connectivity index (χ0v) is 19.4. The van der Waals surface area contributed by atoms with Gasteiger partial charge in [-0.2, -0.15) is 0 Å². The highest BCUT2D eigenvalue weighted by atomic mass is 19.2. The number of ether oxygens (including phenoxy) is 2. The van der Waals surface area contributed by atoms with Crippen LogP contribution >= 0.6 is 0 Å². The van der Waals surface area contributed by atoms with Gasteiger partial charge in [0, 0.05) is 23.9 Å². The highest BCUT2D eigenvalue weighted by molar-refractivity contribution is 5.84. The van der Waals surface area contributed by atoms with Crippen LogP contribution in [0, 0.1) is 25.5 Å². The van der Waals surface area contributed by atoms with Gasteiger partial charge in [-0.15, -0.1) is 0 Å². The topological polar surface area (TPSA) is 65.6 Å². The number of aromatic nitrogens is 3. The Bertz CT molecular complexity index is 1420. The minimum Gasteiger partial charge on any atom is -0.481 e. The van der Waals surface area contributed by atoms with Gasteiger partial charge in [0.25, 0.3) is 0 Å². The van der Waals surface area contributed by atoms with E-state index < -0.39 is 11.6 Å². The van der Waals surface area contributed by atoms with Crippen molar-refractivity contribution in [3.63, 3.8) is 0 Å². The van der Waals surface area contributed by atoms with E-state index in [0.717, 1.165) is 51.9 Å². The summed E-state index contributed by atoms with van der Waals surface area (Å²) in [4.78, 5) is 6.93. The van der Waals surface area contributed by atoms with E-state index in [2.05, 4.69) is 21.9 Å². The first-order valence-electron chi connectivity index (χ1n) is 11.5. The van der Waals surface area contributed by atoms with Crippen molar-refractivity contribution in [1.29, 1.82) is 0 Å². The molecule has 1 fully saturated rings. The number of hydrogen-bond acceptors (Lipinski definition) is 6. The third-order valence-corrected chi connectivity index (χ3v) is 6.72. The van der Waals surface area contributed by atoms with E-state index in [-0.39, 0.29) is 18.8 Å². The minimum atomic E-state index is -0.905. The molecule has 2 atom stereocenters. The molecule has 0 aliphatic carbocycles. The number of hydrogen-bond donors (Lipinski definition) is 0. The zero-order valence-electron chi connectivity index (χ0n) is 19.4. The van der Waals surface area contributed by atoms with Crippen molar-refractivity contribution in [3.8, 4) is 11.1 Å². The molecule has 7 nitrogen and oxygen atoms in total. The van der Waals surface area contributed by atoms with E-state index in [9.17, 15) is 8.78 Å². The summed E-state index contributed by atoms with van der Waals surface area (Å²) in [5.41, 5.74) is 5.08. The fraction of sp³-hybridized carbons (Fsp3) is 0.308. The van der Waals surface area contributed by atoms with Crippen molar-refractivity contribution < 1.29 is 22.8 Å². The quantitative estimate of drug-likeness (QED) is 0.381. The van der Waals surface area contributed by atoms with Crippen molar-refractivity contribution in [3.05, 3.63) is 77.6 Å². The molecule has 180 valence electrons. The van der Waals surface area contributed by atoms with Crippen LogP contribution in [0.3, 0.4) is 0 Å². The van der Waals surface area contributed by atoms with Gasteiger partial charge in [-0.25, -0.2) is 13.8 Å². The van der Waals surface area contributed by atoms with Crippen LogP contribution in [0.1, 0.15) is 35.8 Å². The molecule has 0 bridgehead atoms. The summed E-state index contributed by atoms with van der Waals surface area (Å²) in [6.45, 7) is 5.26. The molecule has 2 aliphatic rings. The largest absolute Gasteiger partial charge is 0.481 e. The normalized spacial score (nSPS) is 20.1. The second-order valence-corrected chi connectivity index (χ2v) is 8.90. The number of imidazole rings is 1. The molecule has 2 aliphatic heterocycles. The van der Waals surface area contributed by atoms with Gasteiger partial charge in [0.1, 0.15) is 17.6 Å². The number of aryl methyl sites for hydroxylation is 2. The van der Waals surface area contributed by atoms with E-state index in [1.807, 2.05) is 30.9 Å². The van der Waals surface area contributed by atoms with Crippen LogP contribution in [0.15, 0.2) is 53.3 Å². The van der Waals surface area contributed by atoms with Gasteiger partial charge < -0.3 is 23.5 Å². The highest BCUT2D eigenvalue weighted by Crippen LogP contribution is 2.38. The van der Waals surface area contributed by atoms with Crippen molar-refractivity contribution >= 4 is 16.7 Å². The monoisotopic (exact) mass is 478 g/mol. The van der Waals surface area contributed by atoms with Crippen LogP contribution in [0.4, 0.5) is 14.5 Å². The highest BCUT2D eigenvalue weighted by Gasteiger charge is 2.32. The first-order chi connectivity index (χ1) is 17.0. The molecule has 4 aromatic rings. The third-order valence-electron chi connectivity index (χ3n) is 6.72. The number of nitrogens with zero attached hydrogens (tertiary/aromatic N) is 4. The summed E-state index contributed by atoms with van der Waals surface area (Å²) in [5, 5.41) is 4.08. The van der Waals surface area contributed by atoms with Crippen molar-refractivity contribution in [2.24, 2.45) is 0 Å². The molecule has 0 spiro atoms. The number of rotatable bonds is 4. The zero-order chi connectivity index (χ0) is 24.1. The molecule has 35 heavy (non-hydrogen) atoms. The Morgan fingerprint density at radius 1 is 1.06 bits per heavy atom. The van der Waals surface area contributed by atoms with Crippen LogP contribution in [0.25, 0.3) is 22.2 Å². The second-order valence-electron chi connectivity index (χ2n) is 8.90. The maximum atomic E-state index is 14.1. The molecule has 2 aromatic heterocycles. The Morgan fingerprint density at radius 3 is 2.69 bits per heavy atom. The van der Waals surface area contributed by atoms with E-state index >= 15 is 0 Å². The number of fused-ring (bicyclic) bond motifs is 1. The Labute approximate surface area is 200 Å². The van der Waals surface area contributed by atoms with Gasteiger partial charge >= 0.3 is 0 Å². The van der Waals surface area contributed by atoms with E-state index in [0.29, 0.717) is 18.9 Å². The molecule has 0 saturated carbocycles. The Hall–Kier alpha value is -3.72. The molecule has 4 heterocycles. The summed E-state index contributed by atoms with van der Waals surface area (Å²) in [6.07, 6.45) is 4.38. The van der Waals surface area contributed by atoms with Gasteiger partial charge in [0.15, 0.2) is 18.4 Å². The lowest BCUT2D eigenvalue weighted by molar-refractivity contribution is 0.186. The smallest absolute Gasteiger partial charge is 0.161 e. The van der Waals surface area contributed by atoms with Crippen molar-refractivity contribution in [2.75, 3.05) is 24.8 Å². The van der Waals surface area contributed by atoms with E-state index in [1.165, 1.54) is 6.07 Å². The Balaban J connectivity index is 1.51. The second kappa shape index (κ2) is 8.49. The van der Waals surface area contributed by atoms with Crippen LogP contribution in [0.2, 0.25) is 0 Å². The molecule has 1 saturated heterocycles. The number of halogens is 2. The van der Waals surface area contributed by atoms with Crippen molar-refractivity contribution in [1.82, 2.24) is 14.7 Å². The summed E-state index contributed by atoms with van der Waals surface area (Å²) in [5.74, 6) is -0.253. The minimum absolute atomic E-state index is 0.114. The van der Waals surface area contributed by atoms with Gasteiger partial charge in [-0.3, -0.25) is 0 Å². The first-order valence-corrected chi connectivity index (χ1v) is 11.5. The van der Waals surface area contributed by atoms with Crippen LogP contribution in [-0.2, 0) is 9.47 Å². The van der Waals surface area contributed by atoms with Crippen LogP contribution < -0.4 is 4.90 Å². The van der Waals surface area contributed by atoms with Gasteiger partial charge in [0.2, 0.25) is 0 Å². The van der Waals surface area contributed by atoms with E-state index in [1.54, 1.807) is 12.3 Å². The lowest BCUT2D eigenvalue weighted by Gasteiger charge is -2.34. The van der Waals surface area contributed by atoms with Gasteiger partial charge in [0.05, 0.1) is 35.6 Å². The molecule has 9 heteroatoms. The molecule has 0 amide bonds. The maximum absolute atomic E-state index is 14.1. The fourth-order valence-corrected chi connectivity index (χ4v) is 5.05. The first kappa shape index (κ1) is 21.8. The standard InChI is InChI=1S/C26H24F2N4O3/c1-15-25(16(2)35-30-15)17-3-6-23-22(11-17)29-26(32(23)19-7-9-33-13-19)24-8-10-34-14-31(24)18-4-5-20(27)21(28)12-18/h3-6,8,10-12,19,24H,7,9,13-14H2,1-2H3/t19-,24-/m0/s1. The molecule has 6 rings (SSSR count). The van der Waals surface area contributed by atoms with Crippen LogP contribution in [-0.4, -0.2) is 34.7 Å². The average Bonchev–Trinajstić information content (AvgIpc) is 3.59. The Kier molecular flexibility index (Phi) is 5.29. The van der Waals surface area contributed by atoms with Gasteiger partial charge in [-0.05, 0) is 56.2 Å². The van der Waals surface area contributed by atoms with Crippen molar-refractivity contribution in [2.45, 2.75) is 32.4 Å². The van der Waals surface area contributed by atoms with Gasteiger partial charge in [-0.1, -0.05) is 11.2 Å². The molecule has 0 unspecified atom stereocenters.